The van der Waals surface area contributed by atoms with Crippen LogP contribution in [0, 0.1) is 18.3 Å². The number of nitrogens with one attached hydrogen (secondary N) is 4. The zero-order valence-corrected chi connectivity index (χ0v) is 46.1. The molecule has 3 saturated heterocycles. The summed E-state index contributed by atoms with van der Waals surface area (Å²) < 4.78 is 31.6. The molecule has 3 aliphatic heterocycles. The number of amides is 3. The topological polar surface area (TPSA) is 218 Å². The lowest BCUT2D eigenvalue weighted by molar-refractivity contribution is -0.144. The van der Waals surface area contributed by atoms with E-state index in [2.05, 4.69) is 50.9 Å². The molecule has 3 fully saturated rings. The highest BCUT2D eigenvalue weighted by Crippen LogP contribution is 2.36. The number of aromatic nitrogens is 3. The molecule has 5 aromatic rings. The minimum absolute atomic E-state index is 0.0152. The fourth-order valence-corrected chi connectivity index (χ4v) is 11.3. The fourth-order valence-electron chi connectivity index (χ4n) is 9.83. The molecule has 3 aliphatic rings. The van der Waals surface area contributed by atoms with E-state index in [9.17, 15) is 27.9 Å². The maximum atomic E-state index is 14.2. The van der Waals surface area contributed by atoms with Crippen molar-refractivity contribution in [2.75, 3.05) is 99.2 Å². The normalized spacial score (nSPS) is 18.4. The first kappa shape index (κ1) is 55.1. The Morgan fingerprint density at radius 1 is 0.947 bits per heavy atom. The Labute approximate surface area is 449 Å². The molecule has 8 rings (SSSR count). The number of hydrogen-bond acceptors (Lipinski definition) is 16. The number of carbonyl (C=O) groups is 3. The largest absolute Gasteiger partial charge is 0.494 e. The number of hydrogen-bond donors (Lipinski definition) is 5. The van der Waals surface area contributed by atoms with Gasteiger partial charge in [-0.2, -0.15) is 4.98 Å². The van der Waals surface area contributed by atoms with Crippen LogP contribution < -0.4 is 35.2 Å². The molecule has 3 aromatic carbocycles. The van der Waals surface area contributed by atoms with Gasteiger partial charge in [0.25, 0.3) is 0 Å². The number of halogens is 1. The number of piperazine rings is 1. The number of sulfonamides is 1. The third kappa shape index (κ3) is 13.9. The highest BCUT2D eigenvalue weighted by Gasteiger charge is 2.44. The van der Waals surface area contributed by atoms with Gasteiger partial charge in [0.1, 0.15) is 22.9 Å². The van der Waals surface area contributed by atoms with Crippen molar-refractivity contribution in [3.8, 4) is 16.2 Å². The van der Waals surface area contributed by atoms with Crippen LogP contribution in [0.25, 0.3) is 10.4 Å². The molecule has 3 atom stereocenters. The number of methoxy groups -OCH3 is 1. The van der Waals surface area contributed by atoms with Crippen LogP contribution in [-0.4, -0.2) is 158 Å². The first-order valence-corrected chi connectivity index (χ1v) is 28.4. The third-order valence-corrected chi connectivity index (χ3v) is 16.7. The molecule has 2 aromatic heterocycles. The number of aliphatic hydroxyl groups excluding tert-OH is 1. The van der Waals surface area contributed by atoms with Gasteiger partial charge in [-0.3, -0.25) is 23.6 Å². The quantitative estimate of drug-likeness (QED) is 0.0671. The van der Waals surface area contributed by atoms with Crippen molar-refractivity contribution in [1.29, 1.82) is 0 Å². The Morgan fingerprint density at radius 2 is 1.65 bits per heavy atom. The first-order chi connectivity index (χ1) is 35.7. The number of carbonyl (C=O) groups excluding carboxylic acids is 3. The van der Waals surface area contributed by atoms with Crippen molar-refractivity contribution in [2.45, 2.75) is 71.7 Å². The van der Waals surface area contributed by atoms with Gasteiger partial charge in [-0.25, -0.2) is 18.4 Å². The van der Waals surface area contributed by atoms with Crippen LogP contribution in [0.4, 0.5) is 34.5 Å². The summed E-state index contributed by atoms with van der Waals surface area (Å²) in [6.45, 7) is 14.0. The minimum atomic E-state index is -3.52. The minimum Gasteiger partial charge on any atom is -0.494 e. The number of anilines is 6. The van der Waals surface area contributed by atoms with E-state index in [1.165, 1.54) is 22.4 Å². The molecule has 75 heavy (non-hydrogen) atoms. The molecule has 0 aliphatic carbocycles. The molecule has 19 nitrogen and oxygen atoms in total. The lowest BCUT2D eigenvalue weighted by atomic mass is 9.85. The van der Waals surface area contributed by atoms with E-state index in [4.69, 9.17) is 16.3 Å². The zero-order valence-electron chi connectivity index (χ0n) is 43.7. The summed E-state index contributed by atoms with van der Waals surface area (Å²) in [6.07, 6.45) is 3.94. The predicted molar refractivity (Wildman–Crippen MR) is 296 cm³/mol. The highest BCUT2D eigenvalue weighted by atomic mass is 35.5. The molecule has 0 saturated carbocycles. The molecule has 0 unspecified atom stereocenters. The van der Waals surface area contributed by atoms with Gasteiger partial charge in [-0.05, 0) is 66.5 Å². The van der Waals surface area contributed by atoms with Crippen molar-refractivity contribution in [2.24, 2.45) is 11.3 Å². The average Bonchev–Trinajstić information content (AvgIpc) is 4.01. The number of benzene rings is 3. The summed E-state index contributed by atoms with van der Waals surface area (Å²) >= 11 is 8.07. The lowest BCUT2D eigenvalue weighted by Crippen LogP contribution is -2.59. The smallest absolute Gasteiger partial charge is 0.246 e. The van der Waals surface area contributed by atoms with Gasteiger partial charge in [-0.15, -0.1) is 11.3 Å². The van der Waals surface area contributed by atoms with E-state index < -0.39 is 33.6 Å². The summed E-state index contributed by atoms with van der Waals surface area (Å²) in [5, 5.41) is 23.3. The van der Waals surface area contributed by atoms with Gasteiger partial charge in [0.2, 0.25) is 33.7 Å². The molecule has 0 spiro atoms. The summed E-state index contributed by atoms with van der Waals surface area (Å²) in [7, 11) is -0.423. The maximum absolute atomic E-state index is 14.2. The molecular weight excluding hydrogens is 1020 g/mol. The molecule has 3 amide bonds. The molecule has 22 heteroatoms. The summed E-state index contributed by atoms with van der Waals surface area (Å²) in [4.78, 5) is 64.3. The Bertz CT molecular complexity index is 2920. The highest BCUT2D eigenvalue weighted by molar-refractivity contribution is 7.92. The van der Waals surface area contributed by atoms with Crippen LogP contribution in [0.5, 0.6) is 5.75 Å². The van der Waals surface area contributed by atoms with Crippen LogP contribution in [0.15, 0.2) is 78.4 Å². The van der Waals surface area contributed by atoms with E-state index in [1.807, 2.05) is 75.7 Å². The number of aryl methyl sites for hydroxylation is 1. The number of β-amino-alcohol motifs (C(OH)–C–C–N with tert-alkyl or cyclic N) is 1. The molecule has 402 valence electrons. The number of likely N-dealkylation sites (tertiary alicyclic amines) is 1. The number of piperidine rings is 1. The van der Waals surface area contributed by atoms with Gasteiger partial charge in [-0.1, -0.05) is 68.8 Å². The standard InChI is InChI=1S/C53H69ClN12O7S2/c1-34-47(74-33-57-34)37-14-12-35(13-15-37)28-55-50(69)44-27-39(67)31-66(44)51(70)48(53(2,3)4)60-46(68)32-64-24-22-63(23-25-64)30-36-18-20-65(21-19-36)38-16-17-42(45(26-38)73-6)59-52-56-29-40(54)49(61-52)58-41-10-8-9-11-43(41)62(5)75(7,71)72/h8-17,26,29,33,36,39,44,48,67H,18-25,27-28,30-32H2,1-7H3,(H,55,69)(H,60,68)(H2,56,58,59,61)/t39-,44-,48-/m1/s1. The van der Waals surface area contributed by atoms with Crippen LogP contribution in [-0.2, 0) is 31.0 Å². The summed E-state index contributed by atoms with van der Waals surface area (Å²) in [5.41, 5.74) is 6.75. The van der Waals surface area contributed by atoms with E-state index in [1.54, 1.807) is 42.7 Å². The Morgan fingerprint density at radius 3 is 2.32 bits per heavy atom. The van der Waals surface area contributed by atoms with Crippen molar-refractivity contribution in [1.82, 2.24) is 40.3 Å². The third-order valence-electron chi connectivity index (χ3n) is 14.2. The number of ether oxygens (including phenoxy) is 1. The molecule has 5 heterocycles. The van der Waals surface area contributed by atoms with Crippen molar-refractivity contribution in [3.05, 3.63) is 94.7 Å². The Balaban J connectivity index is 0.781. The second-order valence-electron chi connectivity index (χ2n) is 20.7. The van der Waals surface area contributed by atoms with Crippen LogP contribution >= 0.6 is 22.9 Å². The SMILES string of the molecule is COc1cc(N2CCC(CN3CCN(CC(=O)N[C@H](C(=O)N4C[C@H](O)C[C@@H]4C(=O)NCc4ccc(-c5scnc5C)cc4)C(C)(C)C)CC3)CC2)ccc1Nc1ncc(Cl)c(Nc2ccccc2N(C)S(C)(=O)=O)n1. The lowest BCUT2D eigenvalue weighted by Gasteiger charge is -2.39. The number of rotatable bonds is 18. The van der Waals surface area contributed by atoms with Crippen LogP contribution in [0.3, 0.4) is 0 Å². The van der Waals surface area contributed by atoms with E-state index in [0.29, 0.717) is 34.5 Å². The van der Waals surface area contributed by atoms with Gasteiger partial charge in [0.05, 0.1) is 65.4 Å². The molecular formula is C53H69ClN12O7S2. The molecule has 0 radical (unpaired) electrons. The molecule has 5 N–H and O–H groups in total. The summed E-state index contributed by atoms with van der Waals surface area (Å²) in [5.74, 6) is 0.741. The van der Waals surface area contributed by atoms with Crippen molar-refractivity contribution < 1.29 is 32.6 Å². The monoisotopic (exact) mass is 1080 g/mol. The van der Waals surface area contributed by atoms with Crippen LogP contribution in [0.1, 0.15) is 51.3 Å². The Kier molecular flexibility index (Phi) is 17.5. The van der Waals surface area contributed by atoms with Gasteiger partial charge >= 0.3 is 0 Å². The Hall–Kier alpha value is -6.10. The first-order valence-electron chi connectivity index (χ1n) is 25.3. The number of thiazole rings is 1. The second kappa shape index (κ2) is 23.8. The number of aliphatic hydroxyl groups is 1. The number of para-hydroxylation sites is 2. The summed E-state index contributed by atoms with van der Waals surface area (Å²) in [6, 6.07) is 19.1. The van der Waals surface area contributed by atoms with Crippen molar-refractivity contribution in [3.63, 3.8) is 0 Å². The predicted octanol–water partition coefficient (Wildman–Crippen LogP) is 6.10. The van der Waals surface area contributed by atoms with Gasteiger partial charge in [0.15, 0.2) is 5.82 Å². The average molecular weight is 1090 g/mol. The fraction of sp³-hybridized carbons (Fsp3) is 0.472. The van der Waals surface area contributed by atoms with Crippen molar-refractivity contribution >= 4 is 85.2 Å². The van der Waals surface area contributed by atoms with E-state index in [0.717, 1.165) is 92.3 Å². The van der Waals surface area contributed by atoms with E-state index in [-0.39, 0.29) is 54.7 Å². The van der Waals surface area contributed by atoms with Gasteiger partial charge in [0, 0.05) is 84.1 Å². The second-order valence-corrected chi connectivity index (χ2v) is 24.0. The zero-order chi connectivity index (χ0) is 53.6. The van der Waals surface area contributed by atoms with Crippen LogP contribution in [0.2, 0.25) is 5.02 Å². The van der Waals surface area contributed by atoms with E-state index >= 15 is 0 Å². The van der Waals surface area contributed by atoms with Gasteiger partial charge < -0.3 is 45.8 Å². The maximum Gasteiger partial charge on any atom is 0.246 e. The molecule has 0 bridgehead atoms. The number of nitrogens with zero attached hydrogens (tertiary/aromatic N) is 8.